The zero-order chi connectivity index (χ0) is 26.1. The minimum atomic E-state index is -0.951. The number of hydrogen-bond donors (Lipinski definition) is 1. The Morgan fingerprint density at radius 3 is 2.68 bits per heavy atom. The van der Waals surface area contributed by atoms with Gasteiger partial charge in [-0.3, -0.25) is 4.79 Å². The standard InChI is InChI=1S/C29H25BrN4O3/c1-3-7-27-32-25-13-12-21(30)15-23(25)28(35)34(27)31-16-24-18(2)33(26-11-5-4-10-22(24)26)17-19-8-6-9-20(14-19)29(36)37/h4-6,8-16H,3,7,17H2,1-2H3,(H,36,37). The van der Waals surface area contributed by atoms with Gasteiger partial charge in [-0.2, -0.15) is 9.78 Å². The van der Waals surface area contributed by atoms with Crippen LogP contribution in [0.5, 0.6) is 0 Å². The van der Waals surface area contributed by atoms with Crippen molar-refractivity contribution in [1.82, 2.24) is 14.2 Å². The van der Waals surface area contributed by atoms with Gasteiger partial charge in [0.15, 0.2) is 0 Å². The third-order valence-corrected chi connectivity index (χ3v) is 6.94. The van der Waals surface area contributed by atoms with Crippen LogP contribution in [0.15, 0.2) is 81.1 Å². The summed E-state index contributed by atoms with van der Waals surface area (Å²) >= 11 is 3.45. The average Bonchev–Trinajstić information content (AvgIpc) is 3.15. The van der Waals surface area contributed by atoms with Crippen LogP contribution in [0.2, 0.25) is 0 Å². The highest BCUT2D eigenvalue weighted by Gasteiger charge is 2.15. The van der Waals surface area contributed by atoms with Crippen LogP contribution in [0.1, 0.15) is 46.3 Å². The average molecular weight is 557 g/mol. The zero-order valence-electron chi connectivity index (χ0n) is 20.5. The van der Waals surface area contributed by atoms with Gasteiger partial charge in [0.05, 0.1) is 22.7 Å². The second-order valence-corrected chi connectivity index (χ2v) is 9.82. The number of halogens is 1. The van der Waals surface area contributed by atoms with Gasteiger partial charge >= 0.3 is 5.97 Å². The summed E-state index contributed by atoms with van der Waals surface area (Å²) in [6, 6.07) is 20.5. The van der Waals surface area contributed by atoms with E-state index in [1.54, 1.807) is 30.5 Å². The number of aryl methyl sites for hydroxylation is 1. The summed E-state index contributed by atoms with van der Waals surface area (Å²) < 4.78 is 4.35. The maximum atomic E-state index is 13.4. The molecule has 1 N–H and O–H groups in total. The van der Waals surface area contributed by atoms with E-state index in [0.29, 0.717) is 29.7 Å². The fraction of sp³-hybridized carbons (Fsp3) is 0.172. The van der Waals surface area contributed by atoms with Crippen molar-refractivity contribution in [3.8, 4) is 0 Å². The van der Waals surface area contributed by atoms with Crippen LogP contribution in [0.3, 0.4) is 0 Å². The van der Waals surface area contributed by atoms with Crippen molar-refractivity contribution in [2.45, 2.75) is 33.2 Å². The van der Waals surface area contributed by atoms with Gasteiger partial charge in [-0.1, -0.05) is 53.2 Å². The van der Waals surface area contributed by atoms with Gasteiger partial charge in [0.1, 0.15) is 5.82 Å². The molecule has 0 bridgehead atoms. The van der Waals surface area contributed by atoms with Crippen molar-refractivity contribution in [3.05, 3.63) is 110 Å². The molecule has 0 aliphatic rings. The SMILES string of the molecule is CCCc1nc2ccc(Br)cc2c(=O)n1N=Cc1c(C)n(Cc2cccc(C(=O)O)c2)c2ccccc12. The lowest BCUT2D eigenvalue weighted by Gasteiger charge is -2.10. The van der Waals surface area contributed by atoms with Gasteiger partial charge in [-0.15, -0.1) is 0 Å². The lowest BCUT2D eigenvalue weighted by atomic mass is 10.1. The van der Waals surface area contributed by atoms with Gasteiger partial charge in [0.25, 0.3) is 5.56 Å². The molecule has 37 heavy (non-hydrogen) atoms. The monoisotopic (exact) mass is 556 g/mol. The van der Waals surface area contributed by atoms with Crippen LogP contribution in [-0.2, 0) is 13.0 Å². The Bertz CT molecular complexity index is 1750. The molecular weight excluding hydrogens is 532 g/mol. The summed E-state index contributed by atoms with van der Waals surface area (Å²) in [7, 11) is 0. The summed E-state index contributed by atoms with van der Waals surface area (Å²) in [5, 5.41) is 15.5. The molecule has 0 radical (unpaired) electrons. The second kappa shape index (κ2) is 10.1. The molecule has 0 fully saturated rings. The van der Waals surface area contributed by atoms with E-state index in [4.69, 9.17) is 4.98 Å². The lowest BCUT2D eigenvalue weighted by molar-refractivity contribution is 0.0696. The number of rotatable bonds is 7. The maximum Gasteiger partial charge on any atom is 0.335 e. The van der Waals surface area contributed by atoms with E-state index in [2.05, 4.69) is 25.6 Å². The normalized spacial score (nSPS) is 11.6. The number of carboxylic acids is 1. The Hall–Kier alpha value is -4.04. The number of para-hydroxylation sites is 1. The van der Waals surface area contributed by atoms with Crippen molar-refractivity contribution in [1.29, 1.82) is 0 Å². The molecule has 0 aliphatic carbocycles. The Morgan fingerprint density at radius 1 is 1.08 bits per heavy atom. The first kappa shape index (κ1) is 24.6. The number of aromatic nitrogens is 3. The number of carbonyl (C=O) groups is 1. The molecule has 3 aromatic carbocycles. The molecule has 8 heteroatoms. The van der Waals surface area contributed by atoms with Crippen LogP contribution in [0.4, 0.5) is 0 Å². The maximum absolute atomic E-state index is 13.4. The van der Waals surface area contributed by atoms with Crippen molar-refractivity contribution in [3.63, 3.8) is 0 Å². The molecule has 0 spiro atoms. The molecule has 5 rings (SSSR count). The van der Waals surface area contributed by atoms with E-state index >= 15 is 0 Å². The number of aromatic carboxylic acids is 1. The van der Waals surface area contributed by atoms with Gasteiger partial charge in [0.2, 0.25) is 0 Å². The Labute approximate surface area is 221 Å². The van der Waals surface area contributed by atoms with E-state index in [1.807, 2.05) is 56.3 Å². The second-order valence-electron chi connectivity index (χ2n) is 8.91. The van der Waals surface area contributed by atoms with Gasteiger partial charge in [-0.05, 0) is 55.3 Å². The molecule has 2 heterocycles. The topological polar surface area (TPSA) is 89.5 Å². The van der Waals surface area contributed by atoms with Crippen molar-refractivity contribution >= 4 is 49.9 Å². The molecule has 7 nitrogen and oxygen atoms in total. The first-order chi connectivity index (χ1) is 17.9. The van der Waals surface area contributed by atoms with Crippen LogP contribution in [0, 0.1) is 6.92 Å². The van der Waals surface area contributed by atoms with Gasteiger partial charge in [0, 0.05) is 39.6 Å². The molecule has 5 aromatic rings. The third-order valence-electron chi connectivity index (χ3n) is 6.45. The fourth-order valence-electron chi connectivity index (χ4n) is 4.62. The Kier molecular flexibility index (Phi) is 6.76. The van der Waals surface area contributed by atoms with Crippen LogP contribution in [0.25, 0.3) is 21.8 Å². The number of benzene rings is 3. The molecular formula is C29H25BrN4O3. The first-order valence-electron chi connectivity index (χ1n) is 12.0. The smallest absolute Gasteiger partial charge is 0.335 e. The third kappa shape index (κ3) is 4.72. The van der Waals surface area contributed by atoms with Crippen molar-refractivity contribution < 1.29 is 9.90 Å². The van der Waals surface area contributed by atoms with Gasteiger partial charge < -0.3 is 9.67 Å². The number of fused-ring (bicyclic) bond motifs is 2. The number of carboxylic acid groups (broad SMARTS) is 1. The summed E-state index contributed by atoms with van der Waals surface area (Å²) in [5.41, 5.74) is 4.45. The van der Waals surface area contributed by atoms with E-state index in [9.17, 15) is 14.7 Å². The highest BCUT2D eigenvalue weighted by molar-refractivity contribution is 9.10. The minimum absolute atomic E-state index is 0.210. The molecule has 186 valence electrons. The number of nitrogens with zero attached hydrogens (tertiary/aromatic N) is 4. The molecule has 0 atom stereocenters. The molecule has 0 saturated heterocycles. The predicted octanol–water partition coefficient (Wildman–Crippen LogP) is 6.00. The Morgan fingerprint density at radius 2 is 1.89 bits per heavy atom. The Balaban J connectivity index is 1.63. The van der Waals surface area contributed by atoms with E-state index in [-0.39, 0.29) is 11.1 Å². The van der Waals surface area contributed by atoms with E-state index in [0.717, 1.165) is 38.6 Å². The fourth-order valence-corrected chi connectivity index (χ4v) is 4.99. The van der Waals surface area contributed by atoms with Crippen molar-refractivity contribution in [2.24, 2.45) is 5.10 Å². The van der Waals surface area contributed by atoms with Crippen LogP contribution < -0.4 is 5.56 Å². The van der Waals surface area contributed by atoms with Crippen LogP contribution >= 0.6 is 15.9 Å². The highest BCUT2D eigenvalue weighted by atomic mass is 79.9. The molecule has 0 unspecified atom stereocenters. The molecule has 0 aliphatic heterocycles. The summed E-state index contributed by atoms with van der Waals surface area (Å²) in [6.07, 6.45) is 3.19. The zero-order valence-corrected chi connectivity index (χ0v) is 22.1. The summed E-state index contributed by atoms with van der Waals surface area (Å²) in [5.74, 6) is -0.335. The predicted molar refractivity (Wildman–Crippen MR) is 150 cm³/mol. The minimum Gasteiger partial charge on any atom is -0.478 e. The van der Waals surface area contributed by atoms with E-state index < -0.39 is 5.97 Å². The summed E-state index contributed by atoms with van der Waals surface area (Å²) in [4.78, 5) is 29.6. The largest absolute Gasteiger partial charge is 0.478 e. The highest BCUT2D eigenvalue weighted by Crippen LogP contribution is 2.26. The first-order valence-corrected chi connectivity index (χ1v) is 12.8. The number of hydrogen-bond acceptors (Lipinski definition) is 4. The molecule has 0 amide bonds. The molecule has 2 aromatic heterocycles. The van der Waals surface area contributed by atoms with Crippen molar-refractivity contribution in [2.75, 3.05) is 0 Å². The lowest BCUT2D eigenvalue weighted by Crippen LogP contribution is -2.22. The quantitative estimate of drug-likeness (QED) is 0.249. The summed E-state index contributed by atoms with van der Waals surface area (Å²) in [6.45, 7) is 4.56. The van der Waals surface area contributed by atoms with Crippen LogP contribution in [-0.4, -0.2) is 31.5 Å². The molecule has 0 saturated carbocycles. The van der Waals surface area contributed by atoms with Gasteiger partial charge in [-0.25, -0.2) is 9.78 Å². The van der Waals surface area contributed by atoms with E-state index in [1.165, 1.54) is 4.68 Å².